The molecule has 1 aromatic heterocycles. The van der Waals surface area contributed by atoms with E-state index in [0.717, 1.165) is 5.56 Å². The predicted octanol–water partition coefficient (Wildman–Crippen LogP) is 1.53. The lowest BCUT2D eigenvalue weighted by atomic mass is 10.1. The molecule has 0 unspecified atom stereocenters. The number of hydrogen-bond donors (Lipinski definition) is 1. The van der Waals surface area contributed by atoms with Crippen LogP contribution in [0.2, 0.25) is 0 Å². The van der Waals surface area contributed by atoms with Crippen molar-refractivity contribution >= 4 is 16.0 Å². The van der Waals surface area contributed by atoms with Gasteiger partial charge < -0.3 is 4.74 Å². The third-order valence-corrected chi connectivity index (χ3v) is 4.45. The highest BCUT2D eigenvalue weighted by molar-refractivity contribution is 7.89. The molecule has 23 heavy (non-hydrogen) atoms. The van der Waals surface area contributed by atoms with Crippen molar-refractivity contribution in [1.29, 1.82) is 0 Å². The molecule has 0 aliphatic rings. The van der Waals surface area contributed by atoms with Crippen LogP contribution in [0.3, 0.4) is 0 Å². The van der Waals surface area contributed by atoms with Crippen LogP contribution in [0, 0.1) is 0 Å². The van der Waals surface area contributed by atoms with Crippen LogP contribution in [0.1, 0.15) is 12.5 Å². The molecule has 0 radical (unpaired) electrons. The molecule has 122 valence electrons. The number of nitrogens with one attached hydrogen (secondary N) is 1. The van der Waals surface area contributed by atoms with Crippen molar-refractivity contribution in [1.82, 2.24) is 9.71 Å². The van der Waals surface area contributed by atoms with E-state index in [1.54, 1.807) is 19.1 Å². The summed E-state index contributed by atoms with van der Waals surface area (Å²) in [6.07, 6.45) is 1.58. The van der Waals surface area contributed by atoms with Gasteiger partial charge >= 0.3 is 5.97 Å². The predicted molar refractivity (Wildman–Crippen MR) is 85.1 cm³/mol. The zero-order valence-electron chi connectivity index (χ0n) is 12.7. The second-order valence-electron chi connectivity index (χ2n) is 4.78. The summed E-state index contributed by atoms with van der Waals surface area (Å²) in [7, 11) is -3.90. The van der Waals surface area contributed by atoms with Gasteiger partial charge in [-0.25, -0.2) is 13.4 Å². The number of rotatable bonds is 7. The van der Waals surface area contributed by atoms with Crippen LogP contribution in [-0.4, -0.2) is 32.0 Å². The summed E-state index contributed by atoms with van der Waals surface area (Å²) in [5, 5.41) is -0.137. The van der Waals surface area contributed by atoms with E-state index in [-0.39, 0.29) is 18.1 Å². The van der Waals surface area contributed by atoms with Crippen LogP contribution in [0.4, 0.5) is 0 Å². The minimum atomic E-state index is -3.90. The largest absolute Gasteiger partial charge is 0.465 e. The van der Waals surface area contributed by atoms with Gasteiger partial charge in [0.1, 0.15) is 6.04 Å². The van der Waals surface area contributed by atoms with Gasteiger partial charge in [0.2, 0.25) is 0 Å². The smallest absolute Gasteiger partial charge is 0.324 e. The van der Waals surface area contributed by atoms with Gasteiger partial charge in [-0.3, -0.25) is 4.79 Å². The molecule has 0 aliphatic heterocycles. The summed E-state index contributed by atoms with van der Waals surface area (Å²) in [6.45, 7) is 1.85. The molecule has 7 heteroatoms. The second-order valence-corrected chi connectivity index (χ2v) is 6.44. The van der Waals surface area contributed by atoms with Crippen LogP contribution < -0.4 is 4.72 Å². The van der Waals surface area contributed by atoms with Gasteiger partial charge in [0.05, 0.1) is 6.61 Å². The molecule has 2 aromatic rings. The van der Waals surface area contributed by atoms with E-state index in [9.17, 15) is 13.2 Å². The number of esters is 1. The summed E-state index contributed by atoms with van der Waals surface area (Å²) < 4.78 is 32.1. The number of carbonyl (C=O) groups excluding carboxylic acids is 1. The standard InChI is InChI=1S/C16H18N2O4S/c1-2-22-16(19)14(12-13-8-4-3-5-9-13)18-23(20,21)15-10-6-7-11-17-15/h3-11,14,18H,2,12H2,1H3/t14-/m0/s1. The van der Waals surface area contributed by atoms with E-state index >= 15 is 0 Å². The van der Waals surface area contributed by atoms with E-state index in [0.29, 0.717) is 0 Å². The molecule has 0 saturated carbocycles. The van der Waals surface area contributed by atoms with E-state index in [2.05, 4.69) is 9.71 Å². The monoisotopic (exact) mass is 334 g/mol. The topological polar surface area (TPSA) is 85.4 Å². The van der Waals surface area contributed by atoms with Crippen LogP contribution in [0.25, 0.3) is 0 Å². The van der Waals surface area contributed by atoms with Crippen molar-refractivity contribution in [2.24, 2.45) is 0 Å². The van der Waals surface area contributed by atoms with Gasteiger partial charge in [0, 0.05) is 6.20 Å². The first-order valence-corrected chi connectivity index (χ1v) is 8.65. The first-order valence-electron chi connectivity index (χ1n) is 7.17. The highest BCUT2D eigenvalue weighted by atomic mass is 32.2. The summed E-state index contributed by atoms with van der Waals surface area (Å²) in [5.74, 6) is -0.615. The number of benzene rings is 1. The van der Waals surface area contributed by atoms with E-state index in [4.69, 9.17) is 4.74 Å². The second kappa shape index (κ2) is 7.85. The maximum atomic E-state index is 12.4. The van der Waals surface area contributed by atoms with Crippen LogP contribution in [0.15, 0.2) is 59.8 Å². The van der Waals surface area contributed by atoms with Gasteiger partial charge in [0.15, 0.2) is 5.03 Å². The Hall–Kier alpha value is -2.25. The molecule has 0 amide bonds. The fourth-order valence-corrected chi connectivity index (χ4v) is 3.15. The minimum absolute atomic E-state index is 0.137. The number of aromatic nitrogens is 1. The molecular weight excluding hydrogens is 316 g/mol. The fourth-order valence-electron chi connectivity index (χ4n) is 2.02. The van der Waals surface area contributed by atoms with Gasteiger partial charge in [0.25, 0.3) is 10.0 Å². The summed E-state index contributed by atoms with van der Waals surface area (Å²) in [6, 6.07) is 12.7. The van der Waals surface area contributed by atoms with Crippen LogP contribution in [-0.2, 0) is 26.0 Å². The zero-order chi connectivity index (χ0) is 16.7. The summed E-state index contributed by atoms with van der Waals surface area (Å²) >= 11 is 0. The summed E-state index contributed by atoms with van der Waals surface area (Å²) in [5.41, 5.74) is 0.828. The van der Waals surface area contributed by atoms with Gasteiger partial charge in [-0.1, -0.05) is 36.4 Å². The van der Waals surface area contributed by atoms with Gasteiger partial charge in [-0.15, -0.1) is 0 Å². The Balaban J connectivity index is 2.22. The number of hydrogen-bond acceptors (Lipinski definition) is 5. The molecule has 1 aromatic carbocycles. The van der Waals surface area contributed by atoms with Crippen molar-refractivity contribution in [3.05, 3.63) is 60.3 Å². The number of pyridine rings is 1. The molecule has 1 atom stereocenters. The Morgan fingerprint density at radius 2 is 1.87 bits per heavy atom. The van der Waals surface area contributed by atoms with Crippen molar-refractivity contribution in [3.8, 4) is 0 Å². The molecule has 2 rings (SSSR count). The maximum Gasteiger partial charge on any atom is 0.324 e. The van der Waals surface area contributed by atoms with Crippen LogP contribution >= 0.6 is 0 Å². The average molecular weight is 334 g/mol. The highest BCUT2D eigenvalue weighted by Gasteiger charge is 2.27. The quantitative estimate of drug-likeness (QED) is 0.776. The molecule has 0 spiro atoms. The van der Waals surface area contributed by atoms with E-state index < -0.39 is 22.0 Å². The van der Waals surface area contributed by atoms with Gasteiger partial charge in [-0.05, 0) is 31.0 Å². The average Bonchev–Trinajstić information content (AvgIpc) is 2.56. The Kier molecular flexibility index (Phi) is 5.84. The first kappa shape index (κ1) is 17.1. The molecule has 6 nitrogen and oxygen atoms in total. The fraction of sp³-hybridized carbons (Fsp3) is 0.250. The highest BCUT2D eigenvalue weighted by Crippen LogP contribution is 2.09. The number of carbonyl (C=O) groups is 1. The molecule has 0 fully saturated rings. The maximum absolute atomic E-state index is 12.4. The third-order valence-electron chi connectivity index (χ3n) is 3.06. The molecule has 1 heterocycles. The van der Waals surface area contributed by atoms with Gasteiger partial charge in [-0.2, -0.15) is 4.72 Å². The molecular formula is C16H18N2O4S. The SMILES string of the molecule is CCOC(=O)[C@H](Cc1ccccc1)NS(=O)(=O)c1ccccn1. The Morgan fingerprint density at radius 3 is 2.48 bits per heavy atom. The van der Waals surface area contributed by atoms with Crippen molar-refractivity contribution < 1.29 is 17.9 Å². The Bertz CT molecular complexity index is 733. The number of sulfonamides is 1. The van der Waals surface area contributed by atoms with Crippen LogP contribution in [0.5, 0.6) is 0 Å². The van der Waals surface area contributed by atoms with Crippen molar-refractivity contribution in [2.75, 3.05) is 6.61 Å². The van der Waals surface area contributed by atoms with Crippen molar-refractivity contribution in [3.63, 3.8) is 0 Å². The lowest BCUT2D eigenvalue weighted by Gasteiger charge is -2.17. The molecule has 0 aliphatic carbocycles. The molecule has 0 bridgehead atoms. The molecule has 1 N–H and O–H groups in total. The van der Waals surface area contributed by atoms with Crippen molar-refractivity contribution in [2.45, 2.75) is 24.4 Å². The number of nitrogens with zero attached hydrogens (tertiary/aromatic N) is 1. The van der Waals surface area contributed by atoms with E-state index in [1.807, 2.05) is 30.3 Å². The normalized spacial score (nSPS) is 12.6. The third kappa shape index (κ3) is 4.87. The lowest BCUT2D eigenvalue weighted by molar-refractivity contribution is -0.145. The Labute approximate surface area is 135 Å². The Morgan fingerprint density at radius 1 is 1.17 bits per heavy atom. The first-order chi connectivity index (χ1) is 11.0. The van der Waals surface area contributed by atoms with E-state index in [1.165, 1.54) is 12.3 Å². The molecule has 0 saturated heterocycles. The minimum Gasteiger partial charge on any atom is -0.465 e. The number of ether oxygens (including phenoxy) is 1. The zero-order valence-corrected chi connectivity index (χ0v) is 13.5. The lowest BCUT2D eigenvalue weighted by Crippen LogP contribution is -2.43. The summed E-state index contributed by atoms with van der Waals surface area (Å²) in [4.78, 5) is 15.9.